The predicted octanol–water partition coefficient (Wildman–Crippen LogP) is 2.60. The number of rotatable bonds is 3. The summed E-state index contributed by atoms with van der Waals surface area (Å²) in [5.74, 6) is 6.53. The zero-order chi connectivity index (χ0) is 20.0. The smallest absolute Gasteiger partial charge is 0.241 e. The van der Waals surface area contributed by atoms with Crippen LogP contribution in [0.5, 0.6) is 5.88 Å². The van der Waals surface area contributed by atoms with Crippen molar-refractivity contribution in [2.24, 2.45) is 12.0 Å². The molecule has 29 heavy (non-hydrogen) atoms. The van der Waals surface area contributed by atoms with Gasteiger partial charge >= 0.3 is 0 Å². The van der Waals surface area contributed by atoms with Gasteiger partial charge in [-0.15, -0.1) is 5.10 Å². The van der Waals surface area contributed by atoms with Crippen LogP contribution in [0.15, 0.2) is 41.5 Å². The van der Waals surface area contributed by atoms with Gasteiger partial charge in [0.25, 0.3) is 0 Å². The molecule has 3 aromatic rings. The summed E-state index contributed by atoms with van der Waals surface area (Å²) in [5.41, 5.74) is 3.95. The van der Waals surface area contributed by atoms with Gasteiger partial charge in [0.1, 0.15) is 11.9 Å². The van der Waals surface area contributed by atoms with Gasteiger partial charge < -0.3 is 10.1 Å². The van der Waals surface area contributed by atoms with E-state index in [0.29, 0.717) is 23.9 Å². The molecule has 4 heterocycles. The third kappa shape index (κ3) is 3.48. The van der Waals surface area contributed by atoms with Crippen LogP contribution in [-0.2, 0) is 23.1 Å². The maximum Gasteiger partial charge on any atom is 0.241 e. The van der Waals surface area contributed by atoms with E-state index >= 15 is 0 Å². The van der Waals surface area contributed by atoms with E-state index in [-0.39, 0.29) is 6.10 Å². The third-order valence-electron chi connectivity index (χ3n) is 5.51. The molecule has 150 valence electrons. The Hall–Kier alpha value is -2.87. The summed E-state index contributed by atoms with van der Waals surface area (Å²) in [5, 5.41) is 8.94. The molecule has 0 aliphatic carbocycles. The number of hydrogen-bond acceptors (Lipinski definition) is 6. The van der Waals surface area contributed by atoms with E-state index in [1.165, 1.54) is 0 Å². The lowest BCUT2D eigenvalue weighted by Crippen LogP contribution is -2.30. The number of aromatic nitrogens is 3. The zero-order valence-corrected chi connectivity index (χ0v) is 17.1. The summed E-state index contributed by atoms with van der Waals surface area (Å²) in [7, 11) is -0.00158. The van der Waals surface area contributed by atoms with Crippen LogP contribution in [0, 0.1) is 0 Å². The Morgan fingerprint density at radius 2 is 2.10 bits per heavy atom. The fourth-order valence-electron chi connectivity index (χ4n) is 3.87. The van der Waals surface area contributed by atoms with Gasteiger partial charge in [0.15, 0.2) is 0 Å². The average Bonchev–Trinajstić information content (AvgIpc) is 3.25. The number of benzene rings is 1. The van der Waals surface area contributed by atoms with Gasteiger partial charge in [-0.2, -0.15) is 0 Å². The van der Waals surface area contributed by atoms with Gasteiger partial charge in [-0.3, -0.25) is 18.9 Å². The van der Waals surface area contributed by atoms with Crippen molar-refractivity contribution in [1.82, 2.24) is 14.8 Å². The van der Waals surface area contributed by atoms with Gasteiger partial charge in [0.2, 0.25) is 5.88 Å². The van der Waals surface area contributed by atoms with Crippen molar-refractivity contribution in [1.29, 1.82) is 0 Å². The molecule has 2 aromatic heterocycles. The van der Waals surface area contributed by atoms with Crippen LogP contribution in [-0.4, -0.2) is 48.3 Å². The fraction of sp³-hybridized carbons (Fsp3) is 0.333. The Balaban J connectivity index is 1.37. The average molecular weight is 410 g/mol. The van der Waals surface area contributed by atoms with Crippen LogP contribution in [0.1, 0.15) is 24.1 Å². The highest BCUT2D eigenvalue weighted by Gasteiger charge is 2.23. The van der Waals surface area contributed by atoms with Crippen molar-refractivity contribution in [3.8, 4) is 5.88 Å². The molecule has 0 radical (unpaired) electrons. The van der Waals surface area contributed by atoms with Gasteiger partial charge in [-0.05, 0) is 58.6 Å². The van der Waals surface area contributed by atoms with Crippen LogP contribution < -0.4 is 10.1 Å². The van der Waals surface area contributed by atoms with E-state index in [9.17, 15) is 4.21 Å². The molecule has 0 atom stereocenters. The Bertz CT molecular complexity index is 1220. The summed E-state index contributed by atoms with van der Waals surface area (Å²) in [4.78, 5) is 8.94. The van der Waals surface area contributed by atoms with Crippen LogP contribution in [0.4, 0.5) is 5.69 Å². The zero-order valence-electron chi connectivity index (χ0n) is 16.3. The monoisotopic (exact) mass is 409 g/mol. The van der Waals surface area contributed by atoms with E-state index in [1.807, 2.05) is 36.0 Å². The molecule has 0 unspecified atom stereocenters. The molecule has 7 nitrogen and oxygen atoms in total. The normalized spacial score (nSPS) is 23.6. The molecule has 0 spiro atoms. The summed E-state index contributed by atoms with van der Waals surface area (Å²) in [6.45, 7) is 0.603. The van der Waals surface area contributed by atoms with Gasteiger partial charge in [0, 0.05) is 36.0 Å². The summed E-state index contributed by atoms with van der Waals surface area (Å²) < 4.78 is 20.1. The predicted molar refractivity (Wildman–Crippen MR) is 117 cm³/mol. The van der Waals surface area contributed by atoms with Crippen molar-refractivity contribution in [3.63, 3.8) is 0 Å². The number of pyridine rings is 1. The van der Waals surface area contributed by atoms with Gasteiger partial charge in [-0.25, -0.2) is 0 Å². The molecule has 5 rings (SSSR count). The minimum Gasteiger partial charge on any atom is -0.473 e. The van der Waals surface area contributed by atoms with Crippen molar-refractivity contribution in [2.75, 3.05) is 16.8 Å². The molecule has 0 amide bonds. The number of ether oxygens (including phenoxy) is 1. The molecule has 2 aliphatic rings. The Morgan fingerprint density at radius 1 is 1.28 bits per heavy atom. The first kappa shape index (κ1) is 18.2. The second kappa shape index (κ2) is 6.88. The number of aliphatic imine (C=N–C) groups is 1. The number of aryl methyl sites for hydroxylation is 1. The molecule has 0 bridgehead atoms. The third-order valence-corrected chi connectivity index (χ3v) is 7.47. The lowest BCUT2D eigenvalue weighted by atomic mass is 10.2. The summed E-state index contributed by atoms with van der Waals surface area (Å²) in [6.07, 6.45) is 3.35. The van der Waals surface area contributed by atoms with E-state index in [4.69, 9.17) is 4.74 Å². The minimum absolute atomic E-state index is 0.0408. The molecule has 1 N–H and O–H groups in total. The topological polar surface area (TPSA) is 81.4 Å². The molecular formula is C21H23N5O2S. The molecular weight excluding hydrogens is 386 g/mol. The first-order valence-corrected chi connectivity index (χ1v) is 11.8. The highest BCUT2D eigenvalue weighted by atomic mass is 32.2. The maximum absolute atomic E-state index is 12.1. The molecule has 8 heteroatoms. The Morgan fingerprint density at radius 3 is 2.93 bits per heavy atom. The van der Waals surface area contributed by atoms with Crippen LogP contribution in [0.2, 0.25) is 0 Å². The molecule has 1 fully saturated rings. The summed E-state index contributed by atoms with van der Waals surface area (Å²) >= 11 is 0. The largest absolute Gasteiger partial charge is 0.473 e. The molecule has 1 aromatic carbocycles. The number of hydrogen-bond donors (Lipinski definition) is 1. The molecule has 2 aliphatic heterocycles. The molecule has 0 saturated carbocycles. The SMILES string of the molecule is C=S1(=O)CCC(Oc2nn(C)c3cc(NC4=NCc5ncccc54)ccc23)CC1. The van der Waals surface area contributed by atoms with E-state index in [0.717, 1.165) is 46.5 Å². The lowest BCUT2D eigenvalue weighted by Gasteiger charge is -2.24. The Labute approximate surface area is 169 Å². The Kier molecular flexibility index (Phi) is 4.31. The van der Waals surface area contributed by atoms with E-state index in [1.54, 1.807) is 6.20 Å². The highest BCUT2D eigenvalue weighted by molar-refractivity contribution is 8.00. The lowest BCUT2D eigenvalue weighted by molar-refractivity contribution is 0.184. The quantitative estimate of drug-likeness (QED) is 0.673. The van der Waals surface area contributed by atoms with Crippen LogP contribution in [0.3, 0.4) is 0 Å². The fourth-order valence-corrected chi connectivity index (χ4v) is 5.45. The van der Waals surface area contributed by atoms with Crippen molar-refractivity contribution < 1.29 is 8.95 Å². The van der Waals surface area contributed by atoms with Crippen molar-refractivity contribution in [3.05, 3.63) is 47.8 Å². The standard InChI is InChI=1S/C21H23N5O2S/c1-26-19-12-14(24-20-16-4-3-9-22-18(16)13-23-20)5-6-17(19)21(25-26)28-15-7-10-29(2,27)11-8-15/h3-6,9,12,15H,2,7-8,10-11,13H2,1H3,(H,23,24). The van der Waals surface area contributed by atoms with Gasteiger partial charge in [-0.1, -0.05) is 0 Å². The highest BCUT2D eigenvalue weighted by Crippen LogP contribution is 2.30. The number of nitrogens with one attached hydrogen (secondary N) is 1. The van der Waals surface area contributed by atoms with E-state index in [2.05, 4.69) is 32.3 Å². The van der Waals surface area contributed by atoms with Crippen LogP contribution >= 0.6 is 0 Å². The minimum atomic E-state index is -1.91. The summed E-state index contributed by atoms with van der Waals surface area (Å²) in [6, 6.07) is 10.0. The second-order valence-electron chi connectivity index (χ2n) is 7.64. The van der Waals surface area contributed by atoms with Crippen LogP contribution in [0.25, 0.3) is 10.9 Å². The first-order valence-electron chi connectivity index (χ1n) is 9.70. The second-order valence-corrected chi connectivity index (χ2v) is 10.4. The van der Waals surface area contributed by atoms with E-state index < -0.39 is 9.52 Å². The molecule has 1 saturated heterocycles. The van der Waals surface area contributed by atoms with Crippen molar-refractivity contribution in [2.45, 2.75) is 25.5 Å². The first-order chi connectivity index (χ1) is 14.0. The number of nitrogens with zero attached hydrogens (tertiary/aromatic N) is 4. The van der Waals surface area contributed by atoms with Gasteiger partial charge in [0.05, 0.1) is 23.1 Å². The van der Waals surface area contributed by atoms with Crippen molar-refractivity contribution >= 4 is 37.8 Å². The maximum atomic E-state index is 12.1. The number of anilines is 1. The number of fused-ring (bicyclic) bond motifs is 2. The number of amidine groups is 1.